The Kier molecular flexibility index (Phi) is 9.77. The molecule has 3 rings (SSSR count). The molecule has 0 aromatic heterocycles. The van der Waals surface area contributed by atoms with Crippen molar-refractivity contribution in [3.63, 3.8) is 0 Å². The fourth-order valence-electron chi connectivity index (χ4n) is 5.62. The van der Waals surface area contributed by atoms with Crippen LogP contribution in [0.1, 0.15) is 56.9 Å². The third kappa shape index (κ3) is 6.65. The lowest BCUT2D eigenvalue weighted by molar-refractivity contribution is -0.0403. The highest BCUT2D eigenvalue weighted by atomic mass is 32.2. The van der Waals surface area contributed by atoms with Crippen LogP contribution in [0.4, 0.5) is 4.79 Å². The SMILES string of the molecule is COc1ccc(S(=O)(=O)N(C)[C@](Cc2ccccc2)(NC(=O)O)[C@H](O)CC2(CCC#N)CCCCC2)cc1. The molecule has 1 saturated carbocycles. The van der Waals surface area contributed by atoms with Crippen molar-refractivity contribution in [1.29, 1.82) is 5.26 Å². The van der Waals surface area contributed by atoms with Gasteiger partial charge in [0.1, 0.15) is 11.4 Å². The number of ether oxygens (including phenoxy) is 1. The monoisotopic (exact) mass is 543 g/mol. The molecule has 206 valence electrons. The third-order valence-corrected chi connectivity index (χ3v) is 9.69. The minimum absolute atomic E-state index is 0.0607. The van der Waals surface area contributed by atoms with Crippen molar-refractivity contribution in [2.24, 2.45) is 5.41 Å². The Labute approximate surface area is 225 Å². The summed E-state index contributed by atoms with van der Waals surface area (Å²) in [5.41, 5.74) is -1.64. The second kappa shape index (κ2) is 12.6. The molecule has 2 atom stereocenters. The van der Waals surface area contributed by atoms with Gasteiger partial charge in [-0.15, -0.1) is 0 Å². The lowest BCUT2D eigenvalue weighted by atomic mass is 9.66. The maximum atomic E-state index is 13.9. The maximum Gasteiger partial charge on any atom is 0.406 e. The summed E-state index contributed by atoms with van der Waals surface area (Å²) in [5.74, 6) is 0.475. The van der Waals surface area contributed by atoms with Crippen LogP contribution in [0, 0.1) is 16.7 Å². The van der Waals surface area contributed by atoms with Crippen molar-refractivity contribution in [3.05, 3.63) is 60.2 Å². The van der Waals surface area contributed by atoms with Gasteiger partial charge in [-0.05, 0) is 60.9 Å². The molecule has 2 aromatic carbocycles. The van der Waals surface area contributed by atoms with E-state index in [1.807, 2.05) is 6.07 Å². The molecule has 0 radical (unpaired) electrons. The van der Waals surface area contributed by atoms with E-state index < -0.39 is 27.9 Å². The normalized spacial score (nSPS) is 17.7. The number of aliphatic hydroxyl groups excluding tert-OH is 1. The molecule has 9 nitrogen and oxygen atoms in total. The van der Waals surface area contributed by atoms with Gasteiger partial charge < -0.3 is 14.9 Å². The predicted molar refractivity (Wildman–Crippen MR) is 143 cm³/mol. The van der Waals surface area contributed by atoms with Gasteiger partial charge in [-0.3, -0.25) is 5.32 Å². The molecule has 1 fully saturated rings. The fraction of sp³-hybridized carbons (Fsp3) is 0.500. The van der Waals surface area contributed by atoms with E-state index in [0.29, 0.717) is 24.2 Å². The number of sulfonamides is 1. The summed E-state index contributed by atoms with van der Waals surface area (Å²) in [6.07, 6.45) is 2.59. The summed E-state index contributed by atoms with van der Waals surface area (Å²) in [6.45, 7) is 0. The van der Waals surface area contributed by atoms with Crippen LogP contribution >= 0.6 is 0 Å². The number of methoxy groups -OCH3 is 1. The van der Waals surface area contributed by atoms with Crippen LogP contribution in [0.15, 0.2) is 59.5 Å². The number of aliphatic hydroxyl groups is 1. The molecule has 1 aliphatic carbocycles. The first-order chi connectivity index (χ1) is 18.1. The molecule has 10 heteroatoms. The first kappa shape index (κ1) is 29.4. The third-order valence-electron chi connectivity index (χ3n) is 7.78. The zero-order valence-corrected chi connectivity index (χ0v) is 22.8. The molecule has 0 spiro atoms. The van der Waals surface area contributed by atoms with Gasteiger partial charge in [0.25, 0.3) is 0 Å². The number of carbonyl (C=O) groups is 1. The Bertz CT molecular complexity index is 1210. The Morgan fingerprint density at radius 1 is 1.16 bits per heavy atom. The van der Waals surface area contributed by atoms with E-state index in [-0.39, 0.29) is 23.2 Å². The fourth-order valence-corrected chi connectivity index (χ4v) is 7.07. The highest BCUT2D eigenvalue weighted by molar-refractivity contribution is 7.89. The molecule has 0 unspecified atom stereocenters. The number of nitrogens with zero attached hydrogens (tertiary/aromatic N) is 2. The van der Waals surface area contributed by atoms with Gasteiger partial charge in [0.2, 0.25) is 10.0 Å². The standard InChI is InChI=1S/C28H37N3O6S/c1-31(38(35,36)24-14-12-23(37-2)13-15-24)28(30-26(33)34,20-22-10-5-3-6-11-22)25(32)21-27(18-9-19-29)16-7-4-8-17-27/h3,5-6,10-15,25,30,32H,4,7-9,16-18,20-21H2,1-2H3,(H,33,34)/t25-,28+/m1/s1. The van der Waals surface area contributed by atoms with Crippen LogP contribution in [0.3, 0.4) is 0 Å². The number of benzene rings is 2. The average Bonchev–Trinajstić information content (AvgIpc) is 2.92. The van der Waals surface area contributed by atoms with Gasteiger partial charge in [-0.2, -0.15) is 9.57 Å². The molecular weight excluding hydrogens is 506 g/mol. The number of rotatable bonds is 12. The predicted octanol–water partition coefficient (Wildman–Crippen LogP) is 4.53. The van der Waals surface area contributed by atoms with Crippen LogP contribution in [-0.4, -0.2) is 55.0 Å². The van der Waals surface area contributed by atoms with Crippen LogP contribution in [-0.2, 0) is 16.4 Å². The lowest BCUT2D eigenvalue weighted by Crippen LogP contribution is -2.69. The van der Waals surface area contributed by atoms with E-state index in [1.165, 1.54) is 38.4 Å². The van der Waals surface area contributed by atoms with Gasteiger partial charge in [0.15, 0.2) is 0 Å². The number of carboxylic acid groups (broad SMARTS) is 1. The first-order valence-electron chi connectivity index (χ1n) is 12.8. The van der Waals surface area contributed by atoms with Gasteiger partial charge in [0.05, 0.1) is 24.2 Å². The zero-order valence-electron chi connectivity index (χ0n) is 22.0. The van der Waals surface area contributed by atoms with Crippen molar-refractivity contribution in [2.45, 2.75) is 74.4 Å². The van der Waals surface area contributed by atoms with Gasteiger partial charge in [-0.1, -0.05) is 49.6 Å². The van der Waals surface area contributed by atoms with Gasteiger partial charge in [-0.25, -0.2) is 13.2 Å². The van der Waals surface area contributed by atoms with Crippen LogP contribution in [0.25, 0.3) is 0 Å². The number of likely N-dealkylation sites (N-methyl/N-ethyl adjacent to an activating group) is 1. The highest BCUT2D eigenvalue weighted by Crippen LogP contribution is 2.46. The summed E-state index contributed by atoms with van der Waals surface area (Å²) >= 11 is 0. The van der Waals surface area contributed by atoms with E-state index >= 15 is 0 Å². The number of hydrogen-bond acceptors (Lipinski definition) is 6. The van der Waals surface area contributed by atoms with Gasteiger partial charge >= 0.3 is 6.09 Å². The number of nitrogens with one attached hydrogen (secondary N) is 1. The van der Waals surface area contributed by atoms with Crippen molar-refractivity contribution in [1.82, 2.24) is 9.62 Å². The maximum absolute atomic E-state index is 13.9. The van der Waals surface area contributed by atoms with Crippen LogP contribution in [0.5, 0.6) is 5.75 Å². The topological polar surface area (TPSA) is 140 Å². The van der Waals surface area contributed by atoms with E-state index in [2.05, 4.69) is 11.4 Å². The molecule has 0 bridgehead atoms. The molecule has 0 heterocycles. The average molecular weight is 544 g/mol. The molecule has 2 aromatic rings. The zero-order chi connectivity index (χ0) is 27.8. The molecule has 1 amide bonds. The first-order valence-corrected chi connectivity index (χ1v) is 14.3. The van der Waals surface area contributed by atoms with E-state index in [4.69, 9.17) is 4.74 Å². The van der Waals surface area contributed by atoms with E-state index in [0.717, 1.165) is 36.4 Å². The molecule has 38 heavy (non-hydrogen) atoms. The number of nitriles is 1. The molecule has 0 aliphatic heterocycles. The largest absolute Gasteiger partial charge is 0.497 e. The second-order valence-corrected chi connectivity index (χ2v) is 12.1. The molecule has 1 aliphatic rings. The number of amides is 1. The van der Waals surface area contributed by atoms with Crippen molar-refractivity contribution in [2.75, 3.05) is 14.2 Å². The second-order valence-electron chi connectivity index (χ2n) is 10.1. The van der Waals surface area contributed by atoms with E-state index in [1.54, 1.807) is 24.3 Å². The summed E-state index contributed by atoms with van der Waals surface area (Å²) in [7, 11) is -1.50. The quantitative estimate of drug-likeness (QED) is 0.334. The Morgan fingerprint density at radius 2 is 1.79 bits per heavy atom. The minimum Gasteiger partial charge on any atom is -0.497 e. The van der Waals surface area contributed by atoms with Crippen molar-refractivity contribution < 1.29 is 28.2 Å². The van der Waals surface area contributed by atoms with Crippen molar-refractivity contribution >= 4 is 16.1 Å². The van der Waals surface area contributed by atoms with Crippen LogP contribution < -0.4 is 10.1 Å². The summed E-state index contributed by atoms with van der Waals surface area (Å²) in [5, 5.41) is 33.6. The Balaban J connectivity index is 2.12. The van der Waals surface area contributed by atoms with Crippen molar-refractivity contribution in [3.8, 4) is 11.8 Å². The van der Waals surface area contributed by atoms with E-state index in [9.17, 15) is 28.7 Å². The Hall–Kier alpha value is -3.13. The minimum atomic E-state index is -4.27. The summed E-state index contributed by atoms with van der Waals surface area (Å²) < 4.78 is 33.9. The lowest BCUT2D eigenvalue weighted by Gasteiger charge is -2.48. The molecule has 3 N–H and O–H groups in total. The summed E-state index contributed by atoms with van der Waals surface area (Å²) in [6, 6.07) is 16.9. The van der Waals surface area contributed by atoms with Crippen LogP contribution in [0.2, 0.25) is 0 Å². The van der Waals surface area contributed by atoms with Gasteiger partial charge in [0, 0.05) is 19.9 Å². The molecular formula is C28H37N3O6S. The Morgan fingerprint density at radius 3 is 2.34 bits per heavy atom. The smallest absolute Gasteiger partial charge is 0.406 e. The highest BCUT2D eigenvalue weighted by Gasteiger charge is 2.51. The number of hydrogen-bond donors (Lipinski definition) is 3. The summed E-state index contributed by atoms with van der Waals surface area (Å²) in [4.78, 5) is 12.1. The molecule has 0 saturated heterocycles.